The molecule has 0 atom stereocenters. The van der Waals surface area contributed by atoms with Crippen molar-refractivity contribution < 1.29 is 14.3 Å². The van der Waals surface area contributed by atoms with Gasteiger partial charge in [-0.15, -0.1) is 0 Å². The van der Waals surface area contributed by atoms with Crippen molar-refractivity contribution in [2.45, 2.75) is 38.6 Å². The number of methoxy groups -OCH3 is 1. The molecule has 2 aromatic carbocycles. The van der Waals surface area contributed by atoms with E-state index < -0.39 is 11.2 Å². The van der Waals surface area contributed by atoms with Gasteiger partial charge in [0.2, 0.25) is 0 Å². The summed E-state index contributed by atoms with van der Waals surface area (Å²) in [4.78, 5) is 44.6. The lowest BCUT2D eigenvalue weighted by Crippen LogP contribution is -2.41. The molecule has 1 aliphatic carbocycles. The number of benzene rings is 2. The molecule has 0 N–H and O–H groups in total. The monoisotopic (exact) mass is 507 g/mol. The number of esters is 1. The van der Waals surface area contributed by atoms with Crippen LogP contribution in [-0.2, 0) is 9.53 Å². The molecule has 9 heteroatoms. The van der Waals surface area contributed by atoms with Crippen molar-refractivity contribution in [1.82, 2.24) is 14.1 Å². The number of pyridine rings is 1. The van der Waals surface area contributed by atoms with Crippen LogP contribution in [0.5, 0.6) is 5.75 Å². The van der Waals surface area contributed by atoms with Crippen LogP contribution in [0.2, 0.25) is 5.02 Å². The van der Waals surface area contributed by atoms with Gasteiger partial charge in [-0.25, -0.2) is 9.36 Å². The summed E-state index contributed by atoms with van der Waals surface area (Å²) in [5, 5.41) is 1.40. The van der Waals surface area contributed by atoms with Gasteiger partial charge in [0, 0.05) is 22.6 Å². The average Bonchev–Trinajstić information content (AvgIpc) is 2.89. The Hall–Kier alpha value is -3.65. The highest BCUT2D eigenvalue weighted by molar-refractivity contribution is 6.30. The zero-order chi connectivity index (χ0) is 25.4. The van der Waals surface area contributed by atoms with Crippen molar-refractivity contribution in [2.24, 2.45) is 5.92 Å². The van der Waals surface area contributed by atoms with E-state index in [1.165, 1.54) is 6.20 Å². The van der Waals surface area contributed by atoms with Crippen LogP contribution in [0.25, 0.3) is 27.5 Å². The quantitative estimate of drug-likeness (QED) is 0.288. The number of nitrogens with zero attached hydrogens (tertiary/aromatic N) is 3. The molecule has 0 amide bonds. The zero-order valence-electron chi connectivity index (χ0n) is 20.1. The molecule has 0 aliphatic heterocycles. The molecule has 0 bridgehead atoms. The Bertz CT molecular complexity index is 1580. The minimum atomic E-state index is -0.467. The van der Waals surface area contributed by atoms with E-state index in [1.807, 2.05) is 12.1 Å². The molecule has 1 saturated carbocycles. The van der Waals surface area contributed by atoms with Gasteiger partial charge in [-0.2, -0.15) is 0 Å². The van der Waals surface area contributed by atoms with Crippen LogP contribution < -0.4 is 16.0 Å². The number of aromatic nitrogens is 3. The number of halogens is 1. The fourth-order valence-corrected chi connectivity index (χ4v) is 5.37. The lowest BCUT2D eigenvalue weighted by molar-refractivity contribution is -0.149. The third-order valence-corrected chi connectivity index (χ3v) is 7.11. The summed E-state index contributed by atoms with van der Waals surface area (Å²) in [6.07, 6.45) is 3.89. The van der Waals surface area contributed by atoms with Crippen LogP contribution in [0.4, 0.5) is 0 Å². The summed E-state index contributed by atoms with van der Waals surface area (Å²) in [6, 6.07) is 11.9. The van der Waals surface area contributed by atoms with Gasteiger partial charge in [0.15, 0.2) is 0 Å². The van der Waals surface area contributed by atoms with Gasteiger partial charge in [0.1, 0.15) is 11.3 Å². The summed E-state index contributed by atoms with van der Waals surface area (Å²) >= 11 is 6.19. The smallest absolute Gasteiger partial charge is 0.336 e. The van der Waals surface area contributed by atoms with Gasteiger partial charge < -0.3 is 9.47 Å². The standard InChI is InChI=1S/C27H26ClN3O5/c1-3-36-26(33)16-10-12-18(13-11-16)30-24-20-8-5-9-22(35-2)23(20)29-15-21(24)25(32)31(27(30)34)19-7-4-6-17(28)14-19/h4-9,14-16,18H,3,10-13H2,1-2H3. The Morgan fingerprint density at radius 3 is 2.53 bits per heavy atom. The second-order valence-electron chi connectivity index (χ2n) is 8.91. The maximum absolute atomic E-state index is 14.1. The third kappa shape index (κ3) is 4.05. The molecule has 4 aromatic rings. The van der Waals surface area contributed by atoms with Crippen LogP contribution >= 0.6 is 11.6 Å². The maximum Gasteiger partial charge on any atom is 0.336 e. The van der Waals surface area contributed by atoms with E-state index in [1.54, 1.807) is 48.9 Å². The van der Waals surface area contributed by atoms with E-state index in [0.717, 1.165) is 4.57 Å². The van der Waals surface area contributed by atoms with Crippen LogP contribution in [0.1, 0.15) is 38.6 Å². The van der Waals surface area contributed by atoms with E-state index in [-0.39, 0.29) is 17.9 Å². The molecule has 5 rings (SSSR count). The van der Waals surface area contributed by atoms with Crippen molar-refractivity contribution >= 4 is 39.4 Å². The van der Waals surface area contributed by atoms with Crippen LogP contribution in [0, 0.1) is 5.92 Å². The van der Waals surface area contributed by atoms with E-state index >= 15 is 0 Å². The molecular weight excluding hydrogens is 482 g/mol. The fraction of sp³-hybridized carbons (Fsp3) is 0.333. The lowest BCUT2D eigenvalue weighted by atomic mass is 9.85. The molecule has 0 spiro atoms. The second kappa shape index (κ2) is 9.78. The highest BCUT2D eigenvalue weighted by atomic mass is 35.5. The summed E-state index contributed by atoms with van der Waals surface area (Å²) in [7, 11) is 1.56. The lowest BCUT2D eigenvalue weighted by Gasteiger charge is -2.30. The Morgan fingerprint density at radius 1 is 1.08 bits per heavy atom. The van der Waals surface area contributed by atoms with E-state index in [9.17, 15) is 14.4 Å². The molecule has 0 unspecified atom stereocenters. The first-order chi connectivity index (χ1) is 17.4. The van der Waals surface area contributed by atoms with Crippen molar-refractivity contribution in [3.05, 3.63) is 74.5 Å². The third-order valence-electron chi connectivity index (χ3n) is 6.87. The number of fused-ring (bicyclic) bond motifs is 3. The van der Waals surface area contributed by atoms with Gasteiger partial charge in [0.25, 0.3) is 5.56 Å². The van der Waals surface area contributed by atoms with Crippen molar-refractivity contribution in [1.29, 1.82) is 0 Å². The number of ether oxygens (including phenoxy) is 2. The predicted octanol–water partition coefficient (Wildman–Crippen LogP) is 4.66. The van der Waals surface area contributed by atoms with Gasteiger partial charge in [-0.05, 0) is 56.9 Å². The Balaban J connectivity index is 1.77. The molecule has 36 heavy (non-hydrogen) atoms. The minimum Gasteiger partial charge on any atom is -0.494 e. The zero-order valence-corrected chi connectivity index (χ0v) is 20.8. The van der Waals surface area contributed by atoms with Gasteiger partial charge in [-0.3, -0.25) is 19.1 Å². The number of para-hydroxylation sites is 1. The van der Waals surface area contributed by atoms with Crippen molar-refractivity contribution in [3.63, 3.8) is 0 Å². The summed E-state index contributed by atoms with van der Waals surface area (Å²) in [5.74, 6) is 0.162. The summed E-state index contributed by atoms with van der Waals surface area (Å²) in [6.45, 7) is 2.13. The van der Waals surface area contributed by atoms with Crippen molar-refractivity contribution in [2.75, 3.05) is 13.7 Å². The summed E-state index contributed by atoms with van der Waals surface area (Å²) < 4.78 is 13.6. The minimum absolute atomic E-state index is 0.194. The molecule has 0 radical (unpaired) electrons. The molecule has 0 saturated heterocycles. The number of rotatable bonds is 5. The molecule has 1 fully saturated rings. The van der Waals surface area contributed by atoms with Crippen LogP contribution in [0.15, 0.2) is 58.3 Å². The Morgan fingerprint density at radius 2 is 1.83 bits per heavy atom. The predicted molar refractivity (Wildman–Crippen MR) is 138 cm³/mol. The first-order valence-corrected chi connectivity index (χ1v) is 12.4. The van der Waals surface area contributed by atoms with Gasteiger partial charge in [0.05, 0.1) is 36.2 Å². The fourth-order valence-electron chi connectivity index (χ4n) is 5.18. The summed E-state index contributed by atoms with van der Waals surface area (Å²) in [5.41, 5.74) is 0.558. The molecule has 2 heterocycles. The van der Waals surface area contributed by atoms with Crippen molar-refractivity contribution in [3.8, 4) is 11.4 Å². The first kappa shape index (κ1) is 24.1. The van der Waals surface area contributed by atoms with E-state index in [2.05, 4.69) is 4.98 Å². The number of carbonyl (C=O) groups is 1. The Kier molecular flexibility index (Phi) is 6.53. The molecule has 1 aliphatic rings. The van der Waals surface area contributed by atoms with Gasteiger partial charge >= 0.3 is 11.7 Å². The number of carbonyl (C=O) groups excluding carboxylic acids is 1. The average molecular weight is 508 g/mol. The highest BCUT2D eigenvalue weighted by Gasteiger charge is 2.31. The highest BCUT2D eigenvalue weighted by Crippen LogP contribution is 2.36. The van der Waals surface area contributed by atoms with Crippen LogP contribution in [-0.4, -0.2) is 33.8 Å². The number of hydrogen-bond acceptors (Lipinski definition) is 6. The normalized spacial score (nSPS) is 17.9. The SMILES string of the molecule is CCOC(=O)C1CCC(n2c(=O)n(-c3cccc(Cl)c3)c(=O)c3cnc4c(OC)cccc4c32)CC1. The van der Waals surface area contributed by atoms with E-state index in [0.29, 0.717) is 70.6 Å². The number of hydrogen-bond donors (Lipinski definition) is 0. The molecule has 2 aromatic heterocycles. The largest absolute Gasteiger partial charge is 0.494 e. The molecular formula is C27H26ClN3O5. The first-order valence-electron chi connectivity index (χ1n) is 12.0. The maximum atomic E-state index is 14.1. The molecule has 186 valence electrons. The molecule has 8 nitrogen and oxygen atoms in total. The second-order valence-corrected chi connectivity index (χ2v) is 9.34. The van der Waals surface area contributed by atoms with E-state index in [4.69, 9.17) is 21.1 Å². The van der Waals surface area contributed by atoms with Gasteiger partial charge in [-0.1, -0.05) is 29.8 Å². The topological polar surface area (TPSA) is 92.4 Å². The van der Waals surface area contributed by atoms with Crippen LogP contribution in [0.3, 0.4) is 0 Å². The Labute approximate surface area is 212 Å².